The van der Waals surface area contributed by atoms with Gasteiger partial charge in [-0.25, -0.2) is 0 Å². The SMILES string of the molecule is CNc1nc(OC)nc(N(C)Cc2cccc(Br)c2)n1. The largest absolute Gasteiger partial charge is 0.467 e. The normalized spacial score (nSPS) is 10.2. The molecule has 0 atom stereocenters. The lowest BCUT2D eigenvalue weighted by atomic mass is 10.2. The molecule has 1 aromatic heterocycles. The predicted octanol–water partition coefficient (Wildman–Crippen LogP) is 2.32. The fraction of sp³-hybridized carbons (Fsp3) is 0.308. The Morgan fingerprint density at radius 2 is 2.10 bits per heavy atom. The third-order valence-corrected chi connectivity index (χ3v) is 3.15. The predicted molar refractivity (Wildman–Crippen MR) is 82.2 cm³/mol. The average Bonchev–Trinajstić information content (AvgIpc) is 2.46. The zero-order valence-corrected chi connectivity index (χ0v) is 13.2. The summed E-state index contributed by atoms with van der Waals surface area (Å²) in [6, 6.07) is 8.40. The molecule has 1 heterocycles. The van der Waals surface area contributed by atoms with Gasteiger partial charge in [-0.1, -0.05) is 28.1 Å². The number of hydrogen-bond acceptors (Lipinski definition) is 6. The summed E-state index contributed by atoms with van der Waals surface area (Å²) in [7, 11) is 5.22. The number of nitrogens with one attached hydrogen (secondary N) is 1. The maximum atomic E-state index is 5.08. The van der Waals surface area contributed by atoms with Gasteiger partial charge in [-0.15, -0.1) is 0 Å². The van der Waals surface area contributed by atoms with Crippen molar-refractivity contribution in [3.05, 3.63) is 34.3 Å². The van der Waals surface area contributed by atoms with Crippen molar-refractivity contribution >= 4 is 27.8 Å². The Kier molecular flexibility index (Phi) is 4.73. The van der Waals surface area contributed by atoms with Crippen LogP contribution in [-0.4, -0.2) is 36.2 Å². The van der Waals surface area contributed by atoms with Crippen molar-refractivity contribution < 1.29 is 4.74 Å². The maximum absolute atomic E-state index is 5.08. The molecule has 0 radical (unpaired) electrons. The summed E-state index contributed by atoms with van der Waals surface area (Å²) in [5, 5.41) is 2.89. The third kappa shape index (κ3) is 3.57. The second kappa shape index (κ2) is 6.51. The standard InChI is InChI=1S/C13H16BrN5O/c1-15-11-16-12(18-13(17-11)20-3)19(2)8-9-5-4-6-10(14)7-9/h4-7H,8H2,1-3H3,(H,15,16,17,18). The van der Waals surface area contributed by atoms with E-state index in [1.54, 1.807) is 7.05 Å². The highest BCUT2D eigenvalue weighted by molar-refractivity contribution is 9.10. The summed E-state index contributed by atoms with van der Waals surface area (Å²) in [5.41, 5.74) is 1.16. The zero-order chi connectivity index (χ0) is 14.5. The van der Waals surface area contributed by atoms with Gasteiger partial charge in [-0.05, 0) is 17.7 Å². The van der Waals surface area contributed by atoms with Crippen LogP contribution >= 0.6 is 15.9 Å². The maximum Gasteiger partial charge on any atom is 0.322 e. The lowest BCUT2D eigenvalue weighted by molar-refractivity contribution is 0.379. The molecule has 0 saturated heterocycles. The topological polar surface area (TPSA) is 63.2 Å². The first-order valence-corrected chi connectivity index (χ1v) is 6.85. The lowest BCUT2D eigenvalue weighted by Gasteiger charge is -2.18. The van der Waals surface area contributed by atoms with Crippen LogP contribution in [0.25, 0.3) is 0 Å². The van der Waals surface area contributed by atoms with Crippen molar-refractivity contribution in [2.24, 2.45) is 0 Å². The van der Waals surface area contributed by atoms with Crippen LogP contribution in [0.1, 0.15) is 5.56 Å². The highest BCUT2D eigenvalue weighted by atomic mass is 79.9. The lowest BCUT2D eigenvalue weighted by Crippen LogP contribution is -2.20. The molecular formula is C13H16BrN5O. The number of nitrogens with zero attached hydrogens (tertiary/aromatic N) is 4. The average molecular weight is 338 g/mol. The Labute approximate surface area is 126 Å². The molecule has 2 rings (SSSR count). The fourth-order valence-electron chi connectivity index (χ4n) is 1.70. The minimum absolute atomic E-state index is 0.292. The Balaban J connectivity index is 2.22. The van der Waals surface area contributed by atoms with Gasteiger partial charge in [0.05, 0.1) is 7.11 Å². The first-order chi connectivity index (χ1) is 9.62. The van der Waals surface area contributed by atoms with Gasteiger partial charge in [0.1, 0.15) is 0 Å². The summed E-state index contributed by atoms with van der Waals surface area (Å²) in [5.74, 6) is 1.04. The number of methoxy groups -OCH3 is 1. The minimum atomic E-state index is 0.292. The highest BCUT2D eigenvalue weighted by Gasteiger charge is 2.10. The quantitative estimate of drug-likeness (QED) is 0.903. The first kappa shape index (κ1) is 14.5. The van der Waals surface area contributed by atoms with Crippen molar-refractivity contribution in [2.75, 3.05) is 31.4 Å². The van der Waals surface area contributed by atoms with E-state index in [0.717, 1.165) is 10.0 Å². The molecule has 0 fully saturated rings. The van der Waals surface area contributed by atoms with Crippen LogP contribution in [-0.2, 0) is 6.54 Å². The van der Waals surface area contributed by atoms with Crippen LogP contribution in [0.15, 0.2) is 28.7 Å². The molecule has 0 saturated carbocycles. The van der Waals surface area contributed by atoms with E-state index in [9.17, 15) is 0 Å². The summed E-state index contributed by atoms with van der Waals surface area (Å²) in [4.78, 5) is 14.6. The van der Waals surface area contributed by atoms with Gasteiger partial charge in [0.15, 0.2) is 0 Å². The zero-order valence-electron chi connectivity index (χ0n) is 11.6. The highest BCUT2D eigenvalue weighted by Crippen LogP contribution is 2.17. The molecular weight excluding hydrogens is 322 g/mol. The molecule has 20 heavy (non-hydrogen) atoms. The van der Waals surface area contributed by atoms with Gasteiger partial charge < -0.3 is 15.0 Å². The number of rotatable bonds is 5. The van der Waals surface area contributed by atoms with Gasteiger partial charge in [0.2, 0.25) is 11.9 Å². The van der Waals surface area contributed by atoms with E-state index in [4.69, 9.17) is 4.74 Å². The number of aromatic nitrogens is 3. The summed E-state index contributed by atoms with van der Waals surface area (Å²) < 4.78 is 6.13. The van der Waals surface area contributed by atoms with E-state index in [1.165, 1.54) is 7.11 Å². The molecule has 0 aliphatic carbocycles. The molecule has 106 valence electrons. The van der Waals surface area contributed by atoms with Crippen molar-refractivity contribution in [1.29, 1.82) is 0 Å². The van der Waals surface area contributed by atoms with Crippen molar-refractivity contribution in [3.63, 3.8) is 0 Å². The van der Waals surface area contributed by atoms with Gasteiger partial charge in [-0.3, -0.25) is 0 Å². The Bertz CT molecular complexity index is 570. The second-order valence-corrected chi connectivity index (χ2v) is 5.10. The van der Waals surface area contributed by atoms with Gasteiger partial charge in [0, 0.05) is 25.1 Å². The molecule has 0 spiro atoms. The molecule has 0 unspecified atom stereocenters. The van der Waals surface area contributed by atoms with Crippen LogP contribution in [0, 0.1) is 0 Å². The fourth-order valence-corrected chi connectivity index (χ4v) is 2.15. The van der Waals surface area contributed by atoms with E-state index in [-0.39, 0.29) is 0 Å². The Morgan fingerprint density at radius 3 is 2.75 bits per heavy atom. The van der Waals surface area contributed by atoms with E-state index < -0.39 is 0 Å². The molecule has 2 aromatic rings. The monoisotopic (exact) mass is 337 g/mol. The van der Waals surface area contributed by atoms with E-state index in [1.807, 2.05) is 24.1 Å². The molecule has 1 aromatic carbocycles. The molecule has 0 aliphatic heterocycles. The minimum Gasteiger partial charge on any atom is -0.467 e. The van der Waals surface area contributed by atoms with Crippen LogP contribution in [0.2, 0.25) is 0 Å². The molecule has 0 amide bonds. The Morgan fingerprint density at radius 1 is 1.30 bits per heavy atom. The summed E-state index contributed by atoms with van der Waals surface area (Å²) in [6.45, 7) is 0.690. The summed E-state index contributed by atoms with van der Waals surface area (Å²) in [6.07, 6.45) is 0. The Hall–Kier alpha value is -1.89. The van der Waals surface area contributed by atoms with Gasteiger partial charge in [-0.2, -0.15) is 15.0 Å². The number of benzene rings is 1. The number of anilines is 2. The second-order valence-electron chi connectivity index (χ2n) is 4.18. The number of ether oxygens (including phenoxy) is 1. The van der Waals surface area contributed by atoms with Crippen LogP contribution in [0.5, 0.6) is 6.01 Å². The van der Waals surface area contributed by atoms with Crippen molar-refractivity contribution in [1.82, 2.24) is 15.0 Å². The number of hydrogen-bond donors (Lipinski definition) is 1. The molecule has 1 N–H and O–H groups in total. The molecule has 0 bridgehead atoms. The van der Waals surface area contributed by atoms with E-state index >= 15 is 0 Å². The smallest absolute Gasteiger partial charge is 0.322 e. The molecule has 6 nitrogen and oxygen atoms in total. The molecule has 0 aliphatic rings. The first-order valence-electron chi connectivity index (χ1n) is 6.05. The third-order valence-electron chi connectivity index (χ3n) is 2.66. The van der Waals surface area contributed by atoms with Crippen LogP contribution in [0.3, 0.4) is 0 Å². The van der Waals surface area contributed by atoms with Crippen LogP contribution < -0.4 is 15.0 Å². The van der Waals surface area contributed by atoms with Crippen LogP contribution in [0.4, 0.5) is 11.9 Å². The van der Waals surface area contributed by atoms with Crippen molar-refractivity contribution in [3.8, 4) is 6.01 Å². The van der Waals surface area contributed by atoms with Gasteiger partial charge >= 0.3 is 6.01 Å². The van der Waals surface area contributed by atoms with E-state index in [2.05, 4.69) is 48.3 Å². The molecule has 7 heteroatoms. The van der Waals surface area contributed by atoms with E-state index in [0.29, 0.717) is 24.5 Å². The number of halogens is 1. The van der Waals surface area contributed by atoms with Gasteiger partial charge in [0.25, 0.3) is 0 Å². The van der Waals surface area contributed by atoms with Crippen molar-refractivity contribution in [2.45, 2.75) is 6.54 Å². The summed E-state index contributed by atoms with van der Waals surface area (Å²) >= 11 is 3.46.